The van der Waals surface area contributed by atoms with E-state index in [1.165, 1.54) is 17.1 Å². The van der Waals surface area contributed by atoms with Crippen molar-refractivity contribution in [3.05, 3.63) is 29.8 Å². The van der Waals surface area contributed by atoms with Gasteiger partial charge in [0, 0.05) is 32.2 Å². The maximum Gasteiger partial charge on any atom is 0.213 e. The largest absolute Gasteiger partial charge is 0.493 e. The number of para-hydroxylation sites is 1. The lowest BCUT2D eigenvalue weighted by molar-refractivity contribution is 0.297. The van der Waals surface area contributed by atoms with Crippen LogP contribution in [-0.4, -0.2) is 57.7 Å². The van der Waals surface area contributed by atoms with E-state index in [1.807, 2.05) is 31.2 Å². The molecule has 1 fully saturated rings. The summed E-state index contributed by atoms with van der Waals surface area (Å²) in [6.45, 7) is 6.89. The summed E-state index contributed by atoms with van der Waals surface area (Å²) < 4.78 is 30.9. The summed E-state index contributed by atoms with van der Waals surface area (Å²) in [6.07, 6.45) is 3.24. The molecule has 28 heavy (non-hydrogen) atoms. The van der Waals surface area contributed by atoms with Gasteiger partial charge in [0.15, 0.2) is 5.96 Å². The van der Waals surface area contributed by atoms with Crippen molar-refractivity contribution in [2.75, 3.05) is 39.0 Å². The average Bonchev–Trinajstić information content (AvgIpc) is 3.52. The van der Waals surface area contributed by atoms with Crippen molar-refractivity contribution in [1.29, 1.82) is 0 Å². The van der Waals surface area contributed by atoms with E-state index in [0.717, 1.165) is 30.4 Å². The minimum Gasteiger partial charge on any atom is -0.493 e. The molecule has 0 heterocycles. The smallest absolute Gasteiger partial charge is 0.213 e. The van der Waals surface area contributed by atoms with Crippen LogP contribution in [-0.2, 0) is 16.6 Å². The van der Waals surface area contributed by atoms with Gasteiger partial charge in [-0.1, -0.05) is 18.2 Å². The lowest BCUT2D eigenvalue weighted by Gasteiger charge is -2.17. The fraction of sp³-hybridized carbons (Fsp3) is 0.650. The Hall–Kier alpha value is -1.80. The van der Waals surface area contributed by atoms with Crippen LogP contribution in [0, 0.1) is 5.92 Å². The van der Waals surface area contributed by atoms with Crippen LogP contribution in [0.15, 0.2) is 29.3 Å². The lowest BCUT2D eigenvalue weighted by atomic mass is 10.2. The quantitative estimate of drug-likeness (QED) is 0.314. The fourth-order valence-electron chi connectivity index (χ4n) is 2.64. The van der Waals surface area contributed by atoms with Crippen molar-refractivity contribution in [3.63, 3.8) is 0 Å². The topological polar surface area (TPSA) is 83.0 Å². The van der Waals surface area contributed by atoms with E-state index in [-0.39, 0.29) is 5.75 Å². The maximum absolute atomic E-state index is 11.8. The van der Waals surface area contributed by atoms with Gasteiger partial charge < -0.3 is 15.4 Å². The van der Waals surface area contributed by atoms with Gasteiger partial charge in [0.05, 0.1) is 18.9 Å². The van der Waals surface area contributed by atoms with Crippen molar-refractivity contribution >= 4 is 16.0 Å². The number of rotatable bonds is 12. The lowest BCUT2D eigenvalue weighted by Crippen LogP contribution is -2.39. The molecule has 7 nitrogen and oxygen atoms in total. The van der Waals surface area contributed by atoms with Crippen molar-refractivity contribution in [1.82, 2.24) is 14.9 Å². The Balaban J connectivity index is 1.84. The summed E-state index contributed by atoms with van der Waals surface area (Å²) >= 11 is 0. The molecule has 1 saturated carbocycles. The van der Waals surface area contributed by atoms with Crippen molar-refractivity contribution in [2.45, 2.75) is 39.7 Å². The molecule has 8 heteroatoms. The predicted molar refractivity (Wildman–Crippen MR) is 114 cm³/mol. The van der Waals surface area contributed by atoms with Crippen LogP contribution in [0.2, 0.25) is 0 Å². The van der Waals surface area contributed by atoms with Crippen LogP contribution in [0.4, 0.5) is 0 Å². The molecule has 0 atom stereocenters. The number of sulfonamides is 1. The number of hydrogen-bond donors (Lipinski definition) is 2. The number of nitrogens with zero attached hydrogens (tertiary/aromatic N) is 2. The molecule has 1 aromatic carbocycles. The van der Waals surface area contributed by atoms with Crippen LogP contribution in [0.3, 0.4) is 0 Å². The SMILES string of the molecule is CCNC(=NCc1ccccc1OCC1CC1)NCCCN(C)S(=O)(=O)CC. The second-order valence-corrected chi connectivity index (χ2v) is 9.42. The Kier molecular flexibility index (Phi) is 9.05. The first-order valence-electron chi connectivity index (χ1n) is 10.1. The first-order chi connectivity index (χ1) is 13.5. The number of benzene rings is 1. The molecule has 0 spiro atoms. The third kappa shape index (κ3) is 7.67. The van der Waals surface area contributed by atoms with Gasteiger partial charge in [0.2, 0.25) is 10.0 Å². The Morgan fingerprint density at radius 3 is 2.68 bits per heavy atom. The molecule has 158 valence electrons. The van der Waals surface area contributed by atoms with E-state index < -0.39 is 10.0 Å². The summed E-state index contributed by atoms with van der Waals surface area (Å²) in [4.78, 5) is 4.65. The molecule has 0 aliphatic heterocycles. The molecule has 0 radical (unpaired) electrons. The monoisotopic (exact) mass is 410 g/mol. The number of nitrogens with one attached hydrogen (secondary N) is 2. The zero-order valence-corrected chi connectivity index (χ0v) is 18.1. The van der Waals surface area contributed by atoms with Crippen LogP contribution < -0.4 is 15.4 Å². The highest BCUT2D eigenvalue weighted by atomic mass is 32.2. The first kappa shape index (κ1) is 22.5. The van der Waals surface area contributed by atoms with Gasteiger partial charge in [-0.05, 0) is 45.1 Å². The Morgan fingerprint density at radius 2 is 2.00 bits per heavy atom. The van der Waals surface area contributed by atoms with E-state index in [1.54, 1.807) is 14.0 Å². The van der Waals surface area contributed by atoms with Gasteiger partial charge in [0.25, 0.3) is 0 Å². The molecule has 1 aliphatic carbocycles. The van der Waals surface area contributed by atoms with Crippen molar-refractivity contribution in [3.8, 4) is 5.75 Å². The average molecular weight is 411 g/mol. The third-order valence-electron chi connectivity index (χ3n) is 4.68. The van der Waals surface area contributed by atoms with E-state index in [2.05, 4.69) is 15.6 Å². The molecule has 0 aromatic heterocycles. The summed E-state index contributed by atoms with van der Waals surface area (Å²) in [5, 5.41) is 6.50. The molecule has 0 amide bonds. The molecule has 2 rings (SSSR count). The van der Waals surface area contributed by atoms with Gasteiger partial charge >= 0.3 is 0 Å². The van der Waals surface area contributed by atoms with Crippen LogP contribution >= 0.6 is 0 Å². The summed E-state index contributed by atoms with van der Waals surface area (Å²) in [5.41, 5.74) is 1.06. The molecule has 0 unspecified atom stereocenters. The van der Waals surface area contributed by atoms with Crippen molar-refractivity contribution in [2.24, 2.45) is 10.9 Å². The van der Waals surface area contributed by atoms with Gasteiger partial charge in [-0.2, -0.15) is 0 Å². The van der Waals surface area contributed by atoms with Gasteiger partial charge in [-0.15, -0.1) is 0 Å². The van der Waals surface area contributed by atoms with Crippen LogP contribution in [0.5, 0.6) is 5.75 Å². The van der Waals surface area contributed by atoms with Gasteiger partial charge in [-0.25, -0.2) is 17.7 Å². The molecule has 1 aromatic rings. The Labute approximate surface area is 169 Å². The number of guanidine groups is 1. The molecule has 0 bridgehead atoms. The Bertz CT molecular complexity index is 733. The normalized spacial score (nSPS) is 14.9. The zero-order chi connectivity index (χ0) is 20.4. The highest BCUT2D eigenvalue weighted by Gasteiger charge is 2.22. The van der Waals surface area contributed by atoms with E-state index in [0.29, 0.717) is 32.0 Å². The summed E-state index contributed by atoms with van der Waals surface area (Å²) in [5.74, 6) is 2.47. The predicted octanol–water partition coefficient (Wildman–Crippen LogP) is 2.20. The fourth-order valence-corrected chi connectivity index (χ4v) is 3.49. The van der Waals surface area contributed by atoms with Gasteiger partial charge in [0.1, 0.15) is 5.75 Å². The minimum atomic E-state index is -3.12. The standard InChI is InChI=1S/C20H34N4O3S/c1-4-21-20(22-13-8-14-24(3)28(25,26)5-2)23-15-18-9-6-7-10-19(18)27-16-17-11-12-17/h6-7,9-10,17H,4-5,8,11-16H2,1-3H3,(H2,21,22,23). The molecular weight excluding hydrogens is 376 g/mol. The molecule has 0 saturated heterocycles. The number of hydrogen-bond acceptors (Lipinski definition) is 4. The Morgan fingerprint density at radius 1 is 1.25 bits per heavy atom. The summed E-state index contributed by atoms with van der Waals surface area (Å²) in [6, 6.07) is 8.02. The van der Waals surface area contributed by atoms with Crippen molar-refractivity contribution < 1.29 is 13.2 Å². The second-order valence-electron chi connectivity index (χ2n) is 7.06. The highest BCUT2D eigenvalue weighted by molar-refractivity contribution is 7.89. The summed E-state index contributed by atoms with van der Waals surface area (Å²) in [7, 11) is -1.50. The number of ether oxygens (including phenoxy) is 1. The van der Waals surface area contributed by atoms with Gasteiger partial charge in [-0.3, -0.25) is 0 Å². The van der Waals surface area contributed by atoms with Crippen LogP contribution in [0.1, 0.15) is 38.7 Å². The number of aliphatic imine (C=N–C) groups is 1. The van der Waals surface area contributed by atoms with E-state index in [9.17, 15) is 8.42 Å². The third-order valence-corrected chi connectivity index (χ3v) is 6.54. The maximum atomic E-state index is 11.8. The second kappa shape index (κ2) is 11.3. The molecule has 1 aliphatic rings. The molecule has 2 N–H and O–H groups in total. The van der Waals surface area contributed by atoms with Crippen LogP contribution in [0.25, 0.3) is 0 Å². The van der Waals surface area contributed by atoms with E-state index in [4.69, 9.17) is 4.74 Å². The first-order valence-corrected chi connectivity index (χ1v) is 11.7. The zero-order valence-electron chi connectivity index (χ0n) is 17.3. The molecular formula is C20H34N4O3S. The minimum absolute atomic E-state index is 0.128. The van der Waals surface area contributed by atoms with E-state index >= 15 is 0 Å². The highest BCUT2D eigenvalue weighted by Crippen LogP contribution is 2.30.